The minimum Gasteiger partial charge on any atom is -0.445 e. The molecule has 0 saturated carbocycles. The van der Waals surface area contributed by atoms with Crippen molar-refractivity contribution in [2.24, 2.45) is 0 Å². The van der Waals surface area contributed by atoms with E-state index >= 15 is 0 Å². The van der Waals surface area contributed by atoms with E-state index in [4.69, 9.17) is 4.74 Å². The van der Waals surface area contributed by atoms with Gasteiger partial charge in [0.1, 0.15) is 6.61 Å². The molecule has 2 rings (SSSR count). The number of ether oxygens (including phenoxy) is 1. The summed E-state index contributed by atoms with van der Waals surface area (Å²) < 4.78 is 7.05. The molecule has 0 aliphatic carbocycles. The third-order valence-corrected chi connectivity index (χ3v) is 3.31. The minimum absolute atomic E-state index is 0.110. The van der Waals surface area contributed by atoms with Crippen LogP contribution in [0.25, 0.3) is 0 Å². The van der Waals surface area contributed by atoms with E-state index in [1.54, 1.807) is 23.5 Å². The van der Waals surface area contributed by atoms with Gasteiger partial charge >= 0.3 is 6.09 Å². The van der Waals surface area contributed by atoms with Gasteiger partial charge < -0.3 is 14.2 Å². The minimum atomic E-state index is -0.295. The van der Waals surface area contributed by atoms with Crippen molar-refractivity contribution >= 4 is 18.7 Å². The standard InChI is InChI=1S/C12H17N3O2S/c1-2-5-17-12(16)15-8-11(18)6-10(15)7-14-4-3-13-9-14/h2-4,9-11,18H,1,5-8H2/t10-,11-/m0/s1. The van der Waals surface area contributed by atoms with E-state index in [9.17, 15) is 4.79 Å². The van der Waals surface area contributed by atoms with E-state index in [0.29, 0.717) is 6.54 Å². The molecule has 2 heterocycles. The molecule has 0 unspecified atom stereocenters. The van der Waals surface area contributed by atoms with Crippen LogP contribution in [0.4, 0.5) is 4.79 Å². The molecule has 98 valence electrons. The number of thiol groups is 1. The monoisotopic (exact) mass is 267 g/mol. The first-order valence-electron chi connectivity index (χ1n) is 5.89. The SMILES string of the molecule is C=CCOC(=O)N1C[C@@H](S)C[C@H]1Cn1ccnc1. The average molecular weight is 267 g/mol. The molecular weight excluding hydrogens is 250 g/mol. The molecule has 0 spiro atoms. The van der Waals surface area contributed by atoms with Crippen molar-refractivity contribution in [1.29, 1.82) is 0 Å². The number of imidazole rings is 1. The topological polar surface area (TPSA) is 47.4 Å². The van der Waals surface area contributed by atoms with Crippen molar-refractivity contribution in [2.45, 2.75) is 24.3 Å². The lowest BCUT2D eigenvalue weighted by atomic mass is 10.2. The Kier molecular flexibility index (Phi) is 4.30. The van der Waals surface area contributed by atoms with E-state index in [-0.39, 0.29) is 24.0 Å². The normalized spacial score (nSPS) is 23.1. The Balaban J connectivity index is 1.98. The maximum atomic E-state index is 11.9. The summed E-state index contributed by atoms with van der Waals surface area (Å²) >= 11 is 4.45. The highest BCUT2D eigenvalue weighted by molar-refractivity contribution is 7.81. The fraction of sp³-hybridized carbons (Fsp3) is 0.500. The molecule has 18 heavy (non-hydrogen) atoms. The number of hydrogen-bond donors (Lipinski definition) is 1. The fourth-order valence-corrected chi connectivity index (χ4v) is 2.56. The lowest BCUT2D eigenvalue weighted by Gasteiger charge is -2.23. The molecule has 1 aliphatic heterocycles. The molecule has 6 heteroatoms. The van der Waals surface area contributed by atoms with Gasteiger partial charge in [-0.2, -0.15) is 12.6 Å². The number of carbonyl (C=O) groups excluding carboxylic acids is 1. The second-order valence-corrected chi connectivity index (χ2v) is 5.05. The second kappa shape index (κ2) is 5.95. The Morgan fingerprint density at radius 3 is 3.17 bits per heavy atom. The average Bonchev–Trinajstić information content (AvgIpc) is 2.96. The smallest absolute Gasteiger partial charge is 0.410 e. The number of carbonyl (C=O) groups is 1. The fourth-order valence-electron chi connectivity index (χ4n) is 2.14. The third kappa shape index (κ3) is 3.07. The summed E-state index contributed by atoms with van der Waals surface area (Å²) in [6.45, 7) is 5.12. The van der Waals surface area contributed by atoms with Crippen LogP contribution in [0, 0.1) is 0 Å². The van der Waals surface area contributed by atoms with Gasteiger partial charge in [-0.05, 0) is 6.42 Å². The van der Waals surface area contributed by atoms with Gasteiger partial charge in [0.15, 0.2) is 0 Å². The van der Waals surface area contributed by atoms with Gasteiger partial charge in [0.05, 0.1) is 12.4 Å². The van der Waals surface area contributed by atoms with Gasteiger partial charge in [0.25, 0.3) is 0 Å². The second-order valence-electron chi connectivity index (χ2n) is 4.32. The van der Waals surface area contributed by atoms with Crippen LogP contribution in [-0.4, -0.2) is 45.0 Å². The Labute approximate surface area is 112 Å². The van der Waals surface area contributed by atoms with Crippen molar-refractivity contribution in [3.63, 3.8) is 0 Å². The first-order valence-corrected chi connectivity index (χ1v) is 6.40. The number of likely N-dealkylation sites (tertiary alicyclic amines) is 1. The van der Waals surface area contributed by atoms with Gasteiger partial charge in [0.2, 0.25) is 0 Å². The summed E-state index contributed by atoms with van der Waals surface area (Å²) in [5.41, 5.74) is 0. The highest BCUT2D eigenvalue weighted by atomic mass is 32.1. The van der Waals surface area contributed by atoms with E-state index in [1.165, 1.54) is 0 Å². The molecule has 1 amide bonds. The predicted octanol–water partition coefficient (Wildman–Crippen LogP) is 1.58. The van der Waals surface area contributed by atoms with Gasteiger partial charge in [0, 0.05) is 30.7 Å². The first-order chi connectivity index (χ1) is 8.70. The van der Waals surface area contributed by atoms with Crippen LogP contribution in [0.5, 0.6) is 0 Å². The number of aromatic nitrogens is 2. The zero-order chi connectivity index (χ0) is 13.0. The van der Waals surface area contributed by atoms with Crippen molar-refractivity contribution in [3.05, 3.63) is 31.4 Å². The summed E-state index contributed by atoms with van der Waals surface area (Å²) in [6, 6.07) is 0.110. The molecule has 0 radical (unpaired) electrons. The van der Waals surface area contributed by atoms with Gasteiger partial charge in [-0.1, -0.05) is 12.7 Å². The molecule has 0 aromatic carbocycles. The maximum Gasteiger partial charge on any atom is 0.410 e. The van der Waals surface area contributed by atoms with Crippen LogP contribution >= 0.6 is 12.6 Å². The zero-order valence-electron chi connectivity index (χ0n) is 10.1. The summed E-state index contributed by atoms with van der Waals surface area (Å²) in [5, 5.41) is 0.204. The summed E-state index contributed by atoms with van der Waals surface area (Å²) in [5.74, 6) is 0. The number of rotatable bonds is 4. The van der Waals surface area contributed by atoms with Crippen LogP contribution in [0.1, 0.15) is 6.42 Å². The quantitative estimate of drug-likeness (QED) is 0.665. The summed E-state index contributed by atoms with van der Waals surface area (Å²) in [7, 11) is 0. The molecule has 0 bridgehead atoms. The van der Waals surface area contributed by atoms with Crippen LogP contribution in [-0.2, 0) is 11.3 Å². The van der Waals surface area contributed by atoms with Crippen molar-refractivity contribution in [1.82, 2.24) is 14.5 Å². The van der Waals surface area contributed by atoms with Crippen LogP contribution in [0.3, 0.4) is 0 Å². The van der Waals surface area contributed by atoms with Crippen LogP contribution in [0.15, 0.2) is 31.4 Å². The Hall–Kier alpha value is -1.43. The summed E-state index contributed by atoms with van der Waals surface area (Å²) in [6.07, 6.45) is 7.50. The van der Waals surface area contributed by atoms with Crippen LogP contribution < -0.4 is 0 Å². The van der Waals surface area contributed by atoms with Crippen molar-refractivity contribution in [3.8, 4) is 0 Å². The van der Waals surface area contributed by atoms with Crippen molar-refractivity contribution in [2.75, 3.05) is 13.2 Å². The maximum absolute atomic E-state index is 11.9. The molecule has 1 aromatic rings. The summed E-state index contributed by atoms with van der Waals surface area (Å²) in [4.78, 5) is 17.6. The number of hydrogen-bond acceptors (Lipinski definition) is 4. The largest absolute Gasteiger partial charge is 0.445 e. The molecule has 2 atom stereocenters. The molecule has 1 aromatic heterocycles. The molecule has 1 saturated heterocycles. The van der Waals surface area contributed by atoms with E-state index < -0.39 is 0 Å². The predicted molar refractivity (Wildman–Crippen MR) is 71.7 cm³/mol. The number of amides is 1. The highest BCUT2D eigenvalue weighted by Crippen LogP contribution is 2.23. The van der Waals surface area contributed by atoms with Crippen molar-refractivity contribution < 1.29 is 9.53 Å². The van der Waals surface area contributed by atoms with Gasteiger partial charge in [-0.25, -0.2) is 9.78 Å². The molecule has 1 fully saturated rings. The van der Waals surface area contributed by atoms with E-state index in [1.807, 2.05) is 10.8 Å². The highest BCUT2D eigenvalue weighted by Gasteiger charge is 2.34. The Morgan fingerprint density at radius 2 is 2.50 bits per heavy atom. The lowest BCUT2D eigenvalue weighted by molar-refractivity contribution is 0.105. The molecule has 5 nitrogen and oxygen atoms in total. The lowest BCUT2D eigenvalue weighted by Crippen LogP contribution is -2.38. The molecule has 0 N–H and O–H groups in total. The van der Waals surface area contributed by atoms with Crippen LogP contribution in [0.2, 0.25) is 0 Å². The molecule has 1 aliphatic rings. The zero-order valence-corrected chi connectivity index (χ0v) is 11.0. The molecular formula is C12H17N3O2S. The van der Waals surface area contributed by atoms with E-state index in [2.05, 4.69) is 24.2 Å². The number of nitrogens with zero attached hydrogens (tertiary/aromatic N) is 3. The van der Waals surface area contributed by atoms with Gasteiger partial charge in [-0.3, -0.25) is 0 Å². The van der Waals surface area contributed by atoms with Gasteiger partial charge in [-0.15, -0.1) is 0 Å². The first kappa shape index (κ1) is 13.0. The Bertz CT molecular complexity index is 407. The third-order valence-electron chi connectivity index (χ3n) is 2.93. The van der Waals surface area contributed by atoms with E-state index in [0.717, 1.165) is 13.0 Å². The Morgan fingerprint density at radius 1 is 1.67 bits per heavy atom.